The first-order chi connectivity index (χ1) is 8.00. The van der Waals surface area contributed by atoms with Gasteiger partial charge in [0.05, 0.1) is 0 Å². The molecule has 1 aromatic rings. The predicted molar refractivity (Wildman–Crippen MR) is 70.0 cm³/mol. The maximum atomic E-state index is 12.4. The third-order valence-electron chi connectivity index (χ3n) is 3.30. The average molecular weight is 231 g/mol. The van der Waals surface area contributed by atoms with Gasteiger partial charge in [0, 0.05) is 18.2 Å². The van der Waals surface area contributed by atoms with Gasteiger partial charge in [0.1, 0.15) is 0 Å². The molecular weight excluding hydrogens is 210 g/mol. The van der Waals surface area contributed by atoms with Crippen LogP contribution in [-0.4, -0.2) is 16.8 Å². The number of benzene rings is 1. The van der Waals surface area contributed by atoms with E-state index in [1.165, 1.54) is 11.1 Å². The molecule has 0 fully saturated rings. The summed E-state index contributed by atoms with van der Waals surface area (Å²) < 4.78 is 0. The molecule has 0 bridgehead atoms. The molecule has 0 radical (unpaired) electrons. The van der Waals surface area contributed by atoms with Crippen LogP contribution in [0, 0.1) is 5.92 Å². The molecule has 0 spiro atoms. The average Bonchev–Trinajstić information content (AvgIpc) is 2.56. The Labute approximate surface area is 104 Å². The Kier molecular flexibility index (Phi) is 3.23. The number of hydrogen-bond acceptors (Lipinski definition) is 1. The van der Waals surface area contributed by atoms with Gasteiger partial charge in [-0.15, -0.1) is 0 Å². The van der Waals surface area contributed by atoms with Gasteiger partial charge < -0.3 is 4.90 Å². The van der Waals surface area contributed by atoms with Crippen molar-refractivity contribution in [3.63, 3.8) is 0 Å². The summed E-state index contributed by atoms with van der Waals surface area (Å²) in [7, 11) is 0. The lowest BCUT2D eigenvalue weighted by atomic mass is 9.95. The Bertz CT molecular complexity index is 435. The lowest BCUT2D eigenvalue weighted by Gasteiger charge is -2.20. The lowest BCUT2D eigenvalue weighted by Crippen LogP contribution is -2.31. The predicted octanol–water partition coefficient (Wildman–Crippen LogP) is 3.25. The number of amides is 1. The molecule has 2 heteroatoms. The zero-order valence-corrected chi connectivity index (χ0v) is 11.2. The van der Waals surface area contributed by atoms with Crippen LogP contribution >= 0.6 is 0 Å². The molecule has 0 saturated heterocycles. The maximum absolute atomic E-state index is 12.4. The molecule has 1 amide bonds. The van der Waals surface area contributed by atoms with E-state index in [1.54, 1.807) is 0 Å². The van der Waals surface area contributed by atoms with Crippen molar-refractivity contribution in [1.82, 2.24) is 4.90 Å². The fourth-order valence-electron chi connectivity index (χ4n) is 2.49. The van der Waals surface area contributed by atoms with Crippen LogP contribution in [-0.2, 0) is 13.0 Å². The van der Waals surface area contributed by atoms with Gasteiger partial charge in [-0.2, -0.15) is 0 Å². The van der Waals surface area contributed by atoms with E-state index in [0.717, 1.165) is 18.5 Å². The standard InChI is InChI=1S/C15H21NO/c1-10(2)8-12-6-5-7-13-9-16(11(3)4)15(17)14(12)13/h5-7,10-11H,8-9H2,1-4H3. The molecule has 2 nitrogen and oxygen atoms in total. The Hall–Kier alpha value is -1.31. The summed E-state index contributed by atoms with van der Waals surface area (Å²) in [6, 6.07) is 6.54. The summed E-state index contributed by atoms with van der Waals surface area (Å²) in [5, 5.41) is 0. The van der Waals surface area contributed by atoms with Crippen molar-refractivity contribution in [3.05, 3.63) is 34.9 Å². The summed E-state index contributed by atoms with van der Waals surface area (Å²) in [6.45, 7) is 9.31. The number of nitrogens with zero attached hydrogens (tertiary/aromatic N) is 1. The van der Waals surface area contributed by atoms with Gasteiger partial charge in [-0.1, -0.05) is 32.0 Å². The maximum Gasteiger partial charge on any atom is 0.255 e. The van der Waals surface area contributed by atoms with Gasteiger partial charge in [0.15, 0.2) is 0 Å². The fourth-order valence-corrected chi connectivity index (χ4v) is 2.49. The second kappa shape index (κ2) is 4.52. The quantitative estimate of drug-likeness (QED) is 0.782. The third-order valence-corrected chi connectivity index (χ3v) is 3.30. The van der Waals surface area contributed by atoms with E-state index in [0.29, 0.717) is 5.92 Å². The molecule has 1 aliphatic rings. The number of rotatable bonds is 3. The SMILES string of the molecule is CC(C)Cc1cccc2c1C(=O)N(C(C)C)C2. The molecule has 0 aliphatic carbocycles. The first-order valence-corrected chi connectivity index (χ1v) is 6.42. The molecule has 0 atom stereocenters. The van der Waals surface area contributed by atoms with Crippen LogP contribution in [0.3, 0.4) is 0 Å². The van der Waals surface area contributed by atoms with Gasteiger partial charge in [-0.25, -0.2) is 0 Å². The lowest BCUT2D eigenvalue weighted by molar-refractivity contribution is 0.0730. The number of carbonyl (C=O) groups excluding carboxylic acids is 1. The van der Waals surface area contributed by atoms with Crippen LogP contribution < -0.4 is 0 Å². The van der Waals surface area contributed by atoms with E-state index in [4.69, 9.17) is 0 Å². The summed E-state index contributed by atoms with van der Waals surface area (Å²) in [5.41, 5.74) is 3.38. The Balaban J connectivity index is 2.38. The van der Waals surface area contributed by atoms with Crippen molar-refractivity contribution < 1.29 is 4.79 Å². The summed E-state index contributed by atoms with van der Waals surface area (Å²) in [6.07, 6.45) is 0.987. The number of fused-ring (bicyclic) bond motifs is 1. The van der Waals surface area contributed by atoms with Gasteiger partial charge in [-0.05, 0) is 37.3 Å². The minimum atomic E-state index is 0.214. The third kappa shape index (κ3) is 2.21. The summed E-state index contributed by atoms with van der Waals surface area (Å²) in [5.74, 6) is 0.800. The molecule has 1 heterocycles. The first kappa shape index (κ1) is 12.2. The highest BCUT2D eigenvalue weighted by Gasteiger charge is 2.30. The molecule has 92 valence electrons. The van der Waals surface area contributed by atoms with Gasteiger partial charge in [0.25, 0.3) is 5.91 Å². The highest BCUT2D eigenvalue weighted by atomic mass is 16.2. The molecule has 0 saturated carbocycles. The highest BCUT2D eigenvalue weighted by Crippen LogP contribution is 2.28. The van der Waals surface area contributed by atoms with Crippen LogP contribution in [0.2, 0.25) is 0 Å². The molecule has 1 aromatic carbocycles. The van der Waals surface area contributed by atoms with Crippen LogP contribution in [0.5, 0.6) is 0 Å². The summed E-state index contributed by atoms with van der Waals surface area (Å²) in [4.78, 5) is 14.3. The van der Waals surface area contributed by atoms with Crippen molar-refractivity contribution in [2.75, 3.05) is 0 Å². The van der Waals surface area contributed by atoms with E-state index in [2.05, 4.69) is 45.9 Å². The van der Waals surface area contributed by atoms with Crippen molar-refractivity contribution in [1.29, 1.82) is 0 Å². The Morgan fingerprint density at radius 1 is 1.24 bits per heavy atom. The normalized spacial score (nSPS) is 14.9. The van der Waals surface area contributed by atoms with E-state index in [-0.39, 0.29) is 11.9 Å². The number of carbonyl (C=O) groups is 1. The molecular formula is C15H21NO. The molecule has 0 unspecified atom stereocenters. The monoisotopic (exact) mass is 231 g/mol. The van der Waals surface area contributed by atoms with E-state index in [9.17, 15) is 4.79 Å². The van der Waals surface area contributed by atoms with Crippen molar-refractivity contribution in [3.8, 4) is 0 Å². The Morgan fingerprint density at radius 3 is 2.53 bits per heavy atom. The smallest absolute Gasteiger partial charge is 0.255 e. The second-order valence-corrected chi connectivity index (χ2v) is 5.58. The zero-order valence-electron chi connectivity index (χ0n) is 11.2. The summed E-state index contributed by atoms with van der Waals surface area (Å²) >= 11 is 0. The minimum Gasteiger partial charge on any atom is -0.332 e. The molecule has 0 aromatic heterocycles. The van der Waals surface area contributed by atoms with Gasteiger partial charge in [-0.3, -0.25) is 4.79 Å². The van der Waals surface area contributed by atoms with Crippen LogP contribution in [0.1, 0.15) is 49.2 Å². The molecule has 17 heavy (non-hydrogen) atoms. The second-order valence-electron chi connectivity index (χ2n) is 5.58. The molecule has 1 aliphatic heterocycles. The van der Waals surface area contributed by atoms with Gasteiger partial charge >= 0.3 is 0 Å². The van der Waals surface area contributed by atoms with E-state index < -0.39 is 0 Å². The first-order valence-electron chi connectivity index (χ1n) is 6.42. The van der Waals surface area contributed by atoms with E-state index >= 15 is 0 Å². The van der Waals surface area contributed by atoms with Crippen LogP contribution in [0.25, 0.3) is 0 Å². The van der Waals surface area contributed by atoms with Crippen LogP contribution in [0.15, 0.2) is 18.2 Å². The molecule has 0 N–H and O–H groups in total. The Morgan fingerprint density at radius 2 is 1.94 bits per heavy atom. The van der Waals surface area contributed by atoms with Crippen molar-refractivity contribution >= 4 is 5.91 Å². The van der Waals surface area contributed by atoms with Gasteiger partial charge in [0.2, 0.25) is 0 Å². The van der Waals surface area contributed by atoms with Crippen molar-refractivity contribution in [2.45, 2.75) is 46.7 Å². The highest BCUT2D eigenvalue weighted by molar-refractivity contribution is 6.00. The number of hydrogen-bond donors (Lipinski definition) is 0. The topological polar surface area (TPSA) is 20.3 Å². The largest absolute Gasteiger partial charge is 0.332 e. The molecule has 2 rings (SSSR count). The van der Waals surface area contributed by atoms with Crippen molar-refractivity contribution in [2.24, 2.45) is 5.92 Å². The fraction of sp³-hybridized carbons (Fsp3) is 0.533. The van der Waals surface area contributed by atoms with E-state index in [1.807, 2.05) is 4.90 Å². The minimum absolute atomic E-state index is 0.214. The van der Waals surface area contributed by atoms with Crippen LogP contribution in [0.4, 0.5) is 0 Å². The zero-order chi connectivity index (χ0) is 12.6.